The molecule has 3 aromatic rings. The third kappa shape index (κ3) is 6.04. The number of piperidine rings is 1. The van der Waals surface area contributed by atoms with Gasteiger partial charge in [0.1, 0.15) is 17.1 Å². The number of fused-ring (bicyclic) bond motifs is 1. The van der Waals surface area contributed by atoms with Crippen LogP contribution in [0.5, 0.6) is 11.5 Å². The summed E-state index contributed by atoms with van der Waals surface area (Å²) >= 11 is 0. The standard InChI is InChI=1S/C31H43N5O4/c1-5-6-20(2)33-31-32-18-27-28(19-36(29(27)34-31)23-7-9-24(37)10-8-23)21-11-13-35(14-12-21)30(38)22-15-25(39-3)17-26(16-22)40-4/h15-21,23-24,37H,5-14H2,1-4H3,(H,32,33,34)/t20-,23?,24?/m0/s1. The van der Waals surface area contributed by atoms with Crippen LogP contribution in [0.4, 0.5) is 5.95 Å². The molecule has 1 aromatic carbocycles. The van der Waals surface area contributed by atoms with E-state index in [2.05, 4.69) is 29.9 Å². The zero-order chi connectivity index (χ0) is 28.2. The normalized spacial score (nSPS) is 20.9. The number of aromatic nitrogens is 3. The fourth-order valence-electron chi connectivity index (χ4n) is 6.30. The van der Waals surface area contributed by atoms with Gasteiger partial charge in [-0.05, 0) is 75.5 Å². The zero-order valence-corrected chi connectivity index (χ0v) is 24.2. The van der Waals surface area contributed by atoms with Gasteiger partial charge in [-0.3, -0.25) is 4.79 Å². The molecule has 2 aliphatic rings. The SMILES string of the molecule is CCC[C@H](C)Nc1ncc2c(C3CCN(C(=O)c4cc(OC)cc(OC)c4)CC3)cn(C3CCC(O)CC3)c2n1. The molecule has 1 amide bonds. The van der Waals surface area contributed by atoms with E-state index in [0.29, 0.717) is 54.1 Å². The first kappa shape index (κ1) is 28.2. The molecule has 1 saturated carbocycles. The Bertz CT molecular complexity index is 1290. The highest BCUT2D eigenvalue weighted by molar-refractivity contribution is 5.95. The number of anilines is 1. The van der Waals surface area contributed by atoms with Crippen molar-refractivity contribution in [2.45, 2.75) is 89.3 Å². The summed E-state index contributed by atoms with van der Waals surface area (Å²) in [5.41, 5.74) is 2.82. The summed E-state index contributed by atoms with van der Waals surface area (Å²) in [6.45, 7) is 5.71. The van der Waals surface area contributed by atoms with Crippen LogP contribution in [0, 0.1) is 0 Å². The molecule has 0 spiro atoms. The van der Waals surface area contributed by atoms with Crippen LogP contribution in [-0.4, -0.2) is 69.9 Å². The van der Waals surface area contributed by atoms with Gasteiger partial charge in [-0.2, -0.15) is 4.98 Å². The summed E-state index contributed by atoms with van der Waals surface area (Å²) in [4.78, 5) is 25.0. The van der Waals surface area contributed by atoms with E-state index in [9.17, 15) is 9.90 Å². The Morgan fingerprint density at radius 3 is 2.38 bits per heavy atom. The highest BCUT2D eigenvalue weighted by atomic mass is 16.5. The van der Waals surface area contributed by atoms with E-state index in [-0.39, 0.29) is 12.0 Å². The third-order valence-electron chi connectivity index (χ3n) is 8.58. The molecule has 3 heterocycles. The molecule has 1 saturated heterocycles. The fourth-order valence-corrected chi connectivity index (χ4v) is 6.30. The summed E-state index contributed by atoms with van der Waals surface area (Å²) in [7, 11) is 3.18. The molecule has 0 unspecified atom stereocenters. The van der Waals surface area contributed by atoms with E-state index in [4.69, 9.17) is 19.4 Å². The van der Waals surface area contributed by atoms with Crippen molar-refractivity contribution in [3.8, 4) is 11.5 Å². The summed E-state index contributed by atoms with van der Waals surface area (Å²) in [6.07, 6.45) is 11.5. The Hall–Kier alpha value is -3.33. The number of carbonyl (C=O) groups is 1. The minimum absolute atomic E-state index is 0.000842. The number of nitrogens with one attached hydrogen (secondary N) is 1. The number of likely N-dealkylation sites (tertiary alicyclic amines) is 1. The topological polar surface area (TPSA) is 102 Å². The average Bonchev–Trinajstić information content (AvgIpc) is 3.35. The van der Waals surface area contributed by atoms with Crippen molar-refractivity contribution < 1.29 is 19.4 Å². The molecule has 1 aliphatic carbocycles. The van der Waals surface area contributed by atoms with Crippen LogP contribution in [0.1, 0.15) is 93.1 Å². The molecule has 1 aliphatic heterocycles. The van der Waals surface area contributed by atoms with Gasteiger partial charge in [-0.15, -0.1) is 0 Å². The Balaban J connectivity index is 1.37. The van der Waals surface area contributed by atoms with E-state index in [1.54, 1.807) is 32.4 Å². The van der Waals surface area contributed by atoms with Crippen molar-refractivity contribution in [2.24, 2.45) is 0 Å². The predicted molar refractivity (Wildman–Crippen MR) is 156 cm³/mol. The second kappa shape index (κ2) is 12.5. The molecule has 9 heteroatoms. The summed E-state index contributed by atoms with van der Waals surface area (Å²) in [5, 5.41) is 14.7. The van der Waals surface area contributed by atoms with Crippen molar-refractivity contribution in [3.63, 3.8) is 0 Å². The number of amides is 1. The van der Waals surface area contributed by atoms with Crippen LogP contribution in [0.3, 0.4) is 0 Å². The molecule has 5 rings (SSSR count). The van der Waals surface area contributed by atoms with Crippen molar-refractivity contribution >= 4 is 22.9 Å². The van der Waals surface area contributed by atoms with E-state index in [1.165, 1.54) is 5.56 Å². The van der Waals surface area contributed by atoms with Crippen LogP contribution < -0.4 is 14.8 Å². The van der Waals surface area contributed by atoms with Gasteiger partial charge in [0, 0.05) is 54.6 Å². The third-order valence-corrected chi connectivity index (χ3v) is 8.58. The number of rotatable bonds is 9. The van der Waals surface area contributed by atoms with Gasteiger partial charge in [0.25, 0.3) is 5.91 Å². The lowest BCUT2D eigenvalue weighted by atomic mass is 9.89. The monoisotopic (exact) mass is 549 g/mol. The van der Waals surface area contributed by atoms with Gasteiger partial charge in [-0.25, -0.2) is 4.98 Å². The number of aliphatic hydroxyl groups is 1. The Morgan fingerprint density at radius 2 is 1.75 bits per heavy atom. The van der Waals surface area contributed by atoms with E-state index >= 15 is 0 Å². The minimum atomic E-state index is -0.203. The minimum Gasteiger partial charge on any atom is -0.497 e. The van der Waals surface area contributed by atoms with Crippen LogP contribution in [0.15, 0.2) is 30.6 Å². The summed E-state index contributed by atoms with van der Waals surface area (Å²) in [6, 6.07) is 5.95. The predicted octanol–water partition coefficient (Wildman–Crippen LogP) is 5.54. The van der Waals surface area contributed by atoms with Crippen molar-refractivity contribution in [3.05, 3.63) is 41.7 Å². The van der Waals surface area contributed by atoms with Gasteiger partial charge < -0.3 is 29.4 Å². The number of ether oxygens (including phenoxy) is 2. The lowest BCUT2D eigenvalue weighted by molar-refractivity contribution is 0.0712. The number of carbonyl (C=O) groups excluding carboxylic acids is 1. The first-order valence-electron chi connectivity index (χ1n) is 14.7. The van der Waals surface area contributed by atoms with Gasteiger partial charge in [-0.1, -0.05) is 13.3 Å². The lowest BCUT2D eigenvalue weighted by Crippen LogP contribution is -2.37. The molecular weight excluding hydrogens is 506 g/mol. The molecule has 0 bridgehead atoms. The molecule has 216 valence electrons. The maximum Gasteiger partial charge on any atom is 0.254 e. The number of aliphatic hydroxyl groups excluding tert-OH is 1. The van der Waals surface area contributed by atoms with E-state index in [0.717, 1.165) is 62.4 Å². The smallest absolute Gasteiger partial charge is 0.254 e. The van der Waals surface area contributed by atoms with Crippen LogP contribution >= 0.6 is 0 Å². The molecule has 9 nitrogen and oxygen atoms in total. The summed E-state index contributed by atoms with van der Waals surface area (Å²) < 4.78 is 13.1. The quantitative estimate of drug-likeness (QED) is 0.361. The Morgan fingerprint density at radius 1 is 1.07 bits per heavy atom. The largest absolute Gasteiger partial charge is 0.497 e. The second-order valence-electron chi connectivity index (χ2n) is 11.4. The number of methoxy groups -OCH3 is 2. The van der Waals surface area contributed by atoms with Gasteiger partial charge in [0.2, 0.25) is 5.95 Å². The molecule has 2 fully saturated rings. The molecule has 1 atom stereocenters. The maximum absolute atomic E-state index is 13.4. The zero-order valence-electron chi connectivity index (χ0n) is 24.2. The van der Waals surface area contributed by atoms with Gasteiger partial charge >= 0.3 is 0 Å². The van der Waals surface area contributed by atoms with Crippen molar-refractivity contribution in [1.29, 1.82) is 0 Å². The van der Waals surface area contributed by atoms with Crippen LogP contribution in [0.25, 0.3) is 11.0 Å². The molecule has 2 N–H and O–H groups in total. The van der Waals surface area contributed by atoms with Gasteiger partial charge in [0.05, 0.1) is 20.3 Å². The molecular formula is C31H43N5O4. The van der Waals surface area contributed by atoms with Gasteiger partial charge in [0.15, 0.2) is 0 Å². The van der Waals surface area contributed by atoms with E-state index in [1.807, 2.05) is 11.1 Å². The number of nitrogens with zero attached hydrogens (tertiary/aromatic N) is 4. The molecule has 40 heavy (non-hydrogen) atoms. The Labute approximate surface area is 236 Å². The number of benzene rings is 1. The fraction of sp³-hybridized carbons (Fsp3) is 0.581. The average molecular weight is 550 g/mol. The maximum atomic E-state index is 13.4. The Kier molecular flexibility index (Phi) is 8.78. The van der Waals surface area contributed by atoms with E-state index < -0.39 is 0 Å². The van der Waals surface area contributed by atoms with Crippen molar-refractivity contribution in [2.75, 3.05) is 32.6 Å². The number of hydrogen-bond acceptors (Lipinski definition) is 7. The first-order valence-corrected chi connectivity index (χ1v) is 14.7. The summed E-state index contributed by atoms with van der Waals surface area (Å²) in [5.74, 6) is 2.21. The highest BCUT2D eigenvalue weighted by Crippen LogP contribution is 2.38. The van der Waals surface area contributed by atoms with Crippen LogP contribution in [-0.2, 0) is 0 Å². The molecule has 2 aromatic heterocycles. The van der Waals surface area contributed by atoms with Crippen LogP contribution in [0.2, 0.25) is 0 Å². The first-order chi connectivity index (χ1) is 19.4. The second-order valence-corrected chi connectivity index (χ2v) is 11.4. The lowest BCUT2D eigenvalue weighted by Gasteiger charge is -2.32. The molecule has 0 radical (unpaired) electrons. The van der Waals surface area contributed by atoms with Crippen molar-refractivity contribution in [1.82, 2.24) is 19.4 Å². The highest BCUT2D eigenvalue weighted by Gasteiger charge is 2.30. The number of hydrogen-bond donors (Lipinski definition) is 2.